The smallest absolute Gasteiger partial charge is 0.0262 e. The molecule has 0 saturated carbocycles. The van der Waals surface area contributed by atoms with Gasteiger partial charge in [-0.05, 0) is 0 Å². The minimum Gasteiger partial charge on any atom is -0.639 e. The average molecular weight is 252 g/mol. The predicted molar refractivity (Wildman–Crippen MR) is 90.4 cm³/mol. The highest BCUT2D eigenvalue weighted by atomic mass is 15.3. The highest BCUT2D eigenvalue weighted by Crippen LogP contribution is 2.24. The molecule has 1 rings (SSSR count). The molecular weight excluding hydrogens is 219 g/mol. The van der Waals surface area contributed by atoms with Crippen molar-refractivity contribution in [1.29, 1.82) is 0 Å². The van der Waals surface area contributed by atoms with Crippen molar-refractivity contribution in [2.45, 2.75) is 78.9 Å². The molecule has 1 heterocycles. The van der Waals surface area contributed by atoms with Gasteiger partial charge in [-0.15, -0.1) is 0 Å². The third-order valence-corrected chi connectivity index (χ3v) is 5.82. The van der Waals surface area contributed by atoms with Crippen molar-refractivity contribution in [2.75, 3.05) is 0 Å². The summed E-state index contributed by atoms with van der Waals surface area (Å²) in [7, 11) is -0.259. The maximum Gasteiger partial charge on any atom is 0.0262 e. The minimum atomic E-state index is -0.0864. The molecule has 0 unspecified atom stereocenters. The molecule has 1 fully saturated rings. The van der Waals surface area contributed by atoms with Crippen LogP contribution in [0.3, 0.4) is 0 Å². The van der Waals surface area contributed by atoms with Crippen LogP contribution in [-0.4, -0.2) is 53.4 Å². The molecule has 0 spiro atoms. The van der Waals surface area contributed by atoms with Crippen LogP contribution in [0.15, 0.2) is 0 Å². The first kappa shape index (κ1) is 16.1. The fourth-order valence-corrected chi connectivity index (χ4v) is 3.42. The highest BCUT2D eigenvalue weighted by Gasteiger charge is 2.24. The number of hydrogen-bond donors (Lipinski definition) is 0. The summed E-state index contributed by atoms with van der Waals surface area (Å²) < 4.78 is 8.53. The Hall–Kier alpha value is 0.0748. The van der Waals surface area contributed by atoms with Crippen LogP contribution < -0.4 is 0 Å². The second-order valence-corrected chi connectivity index (χ2v) is 9.80. The van der Waals surface area contributed by atoms with Gasteiger partial charge in [0.25, 0.3) is 0 Å². The lowest BCUT2D eigenvalue weighted by molar-refractivity contribution is 0.249. The van der Waals surface area contributed by atoms with Crippen molar-refractivity contribution in [1.82, 2.24) is 14.2 Å². The predicted octanol–water partition coefficient (Wildman–Crippen LogP) is 0.298. The molecule has 1 aliphatic rings. The van der Waals surface area contributed by atoms with E-state index in [0.29, 0.717) is 16.6 Å². The lowest BCUT2D eigenvalue weighted by Gasteiger charge is -2.73. The molecule has 18 heavy (non-hydrogen) atoms. The van der Waals surface area contributed by atoms with Gasteiger partial charge in [0, 0.05) is 22.6 Å². The van der Waals surface area contributed by atoms with Crippen molar-refractivity contribution in [3.63, 3.8) is 0 Å². The van der Waals surface area contributed by atoms with Gasteiger partial charge >= 0.3 is 0 Å². The van der Waals surface area contributed by atoms with Gasteiger partial charge in [0.15, 0.2) is 0 Å². The zero-order valence-corrected chi connectivity index (χ0v) is 14.8. The van der Waals surface area contributed by atoms with Crippen molar-refractivity contribution < 1.29 is 0 Å². The Morgan fingerprint density at radius 1 is 0.444 bits per heavy atom. The van der Waals surface area contributed by atoms with Crippen LogP contribution in [0, 0.1) is 0 Å². The van der Waals surface area contributed by atoms with Gasteiger partial charge in [-0.25, -0.2) is 0 Å². The number of hydrogen-bond acceptors (Lipinski definition) is 3. The molecule has 3 nitrogen and oxygen atoms in total. The largest absolute Gasteiger partial charge is 0.639 e. The second kappa shape index (κ2) is 4.88. The van der Waals surface area contributed by atoms with E-state index in [1.54, 1.807) is 0 Å². The van der Waals surface area contributed by atoms with Gasteiger partial charge in [0.1, 0.15) is 0 Å². The first-order valence-corrected chi connectivity index (χ1v) is 7.85. The number of rotatable bonds is 0. The van der Waals surface area contributed by atoms with Crippen molar-refractivity contribution in [2.24, 2.45) is 0 Å². The van der Waals surface area contributed by atoms with Gasteiger partial charge < -0.3 is 14.2 Å². The molecule has 0 aliphatic carbocycles. The molecule has 1 saturated heterocycles. The van der Waals surface area contributed by atoms with E-state index in [1.807, 2.05) is 0 Å². The first-order valence-electron chi connectivity index (χ1n) is 7.85. The quantitative estimate of drug-likeness (QED) is 0.574. The molecule has 0 aromatic rings. The van der Waals surface area contributed by atoms with E-state index in [4.69, 9.17) is 0 Å². The fourth-order valence-electron chi connectivity index (χ4n) is 3.42. The molecule has 0 N–H and O–H groups in total. The molecule has 0 aromatic heterocycles. The molecule has 1 aliphatic heterocycles. The lowest BCUT2D eigenvalue weighted by atomic mass is 9.65. The summed E-state index contributed by atoms with van der Waals surface area (Å²) in [6, 6.07) is 0. The molecule has 0 atom stereocenters. The Morgan fingerprint density at radius 3 is 0.722 bits per heavy atom. The Balaban J connectivity index is 2.93. The van der Waals surface area contributed by atoms with Crippen LogP contribution in [0.5, 0.6) is 0 Å². The van der Waals surface area contributed by atoms with E-state index in [0.717, 1.165) is 0 Å². The van der Waals surface area contributed by atoms with Crippen LogP contribution in [0.4, 0.5) is 0 Å². The lowest BCUT2D eigenvalue weighted by Crippen LogP contribution is -2.71. The molecule has 108 valence electrons. The normalized spacial score (nSPS) is 22.5. The highest BCUT2D eigenvalue weighted by molar-refractivity contribution is 6.65. The van der Waals surface area contributed by atoms with Crippen LogP contribution >= 0.6 is 0 Å². The van der Waals surface area contributed by atoms with Crippen molar-refractivity contribution in [3.05, 3.63) is 0 Å². The van der Waals surface area contributed by atoms with Crippen molar-refractivity contribution in [3.8, 4) is 0 Å². The van der Waals surface area contributed by atoms with Gasteiger partial charge in [0.2, 0.25) is 0 Å². The SMILES string of the molecule is CC(C)(C)N1[BH2-]N(C(C)(C)C)[BH2-]N(C(C)(C)C)[BH2-]1. The molecule has 0 amide bonds. The summed E-state index contributed by atoms with van der Waals surface area (Å²) in [5.41, 5.74) is 1.04. The Kier molecular flexibility index (Phi) is 4.37. The maximum absolute atomic E-state index is 2.84. The molecule has 6 heteroatoms. The van der Waals surface area contributed by atoms with Gasteiger partial charge in [-0.2, -0.15) is 0 Å². The summed E-state index contributed by atoms with van der Waals surface area (Å²) in [6.07, 6.45) is 0. The summed E-state index contributed by atoms with van der Waals surface area (Å²) >= 11 is 0. The summed E-state index contributed by atoms with van der Waals surface area (Å²) in [5, 5.41) is 0. The Labute approximate surface area is 116 Å². The topological polar surface area (TPSA) is 9.72 Å². The van der Waals surface area contributed by atoms with Crippen LogP contribution in [0.2, 0.25) is 0 Å². The van der Waals surface area contributed by atoms with E-state index >= 15 is 0 Å². The average Bonchev–Trinajstić information content (AvgIpc) is 2.13. The summed E-state index contributed by atoms with van der Waals surface area (Å²) in [6.45, 7) is 21.4. The fraction of sp³-hybridized carbons (Fsp3) is 1.00. The van der Waals surface area contributed by atoms with E-state index in [1.165, 1.54) is 0 Å². The Bertz CT molecular complexity index is 235. The standard InChI is InChI=1S/C12H33B3N3/c1-10(2,3)16-13-17(11(4,5)6)15-18(14-16)12(7,8)9/h13-15H2,1-9H3/q-3. The van der Waals surface area contributed by atoms with Gasteiger partial charge in [-0.1, -0.05) is 78.9 Å². The zero-order chi connectivity index (χ0) is 14.4. The van der Waals surface area contributed by atoms with Crippen molar-refractivity contribution >= 4 is 22.6 Å². The van der Waals surface area contributed by atoms with E-state index < -0.39 is 0 Å². The number of nitrogens with zero attached hydrogens (tertiary/aromatic N) is 3. The summed E-state index contributed by atoms with van der Waals surface area (Å²) in [4.78, 5) is 0. The van der Waals surface area contributed by atoms with E-state index in [-0.39, 0.29) is 22.6 Å². The molecule has 0 aromatic carbocycles. The van der Waals surface area contributed by atoms with E-state index in [9.17, 15) is 0 Å². The minimum absolute atomic E-state index is 0.0864. The van der Waals surface area contributed by atoms with E-state index in [2.05, 4.69) is 76.5 Å². The van der Waals surface area contributed by atoms with Gasteiger partial charge in [0.05, 0.1) is 0 Å². The zero-order valence-electron chi connectivity index (χ0n) is 14.8. The first-order chi connectivity index (χ1) is 7.82. The monoisotopic (exact) mass is 252 g/mol. The van der Waals surface area contributed by atoms with Crippen LogP contribution in [0.25, 0.3) is 0 Å². The summed E-state index contributed by atoms with van der Waals surface area (Å²) in [5.74, 6) is 0. The third-order valence-electron chi connectivity index (χ3n) is 5.82. The van der Waals surface area contributed by atoms with Crippen LogP contribution in [-0.2, 0) is 0 Å². The second-order valence-electron chi connectivity index (χ2n) is 9.80. The molecular formula is C12H33B3N3-3. The molecule has 0 radical (unpaired) electrons. The molecule has 0 bridgehead atoms. The Morgan fingerprint density at radius 2 is 0.611 bits per heavy atom. The van der Waals surface area contributed by atoms with Gasteiger partial charge in [-0.3, -0.25) is 0 Å². The maximum atomic E-state index is 2.84. The van der Waals surface area contributed by atoms with Crippen LogP contribution in [0.1, 0.15) is 62.3 Å². The third kappa shape index (κ3) is 4.04.